The first-order chi connectivity index (χ1) is 9.79. The number of anilines is 2. The van der Waals surface area contributed by atoms with Gasteiger partial charge in [0.05, 0.1) is 0 Å². The molecule has 5 heteroatoms. The predicted molar refractivity (Wildman–Crippen MR) is 80.2 cm³/mol. The Morgan fingerprint density at radius 2 is 2.25 bits per heavy atom. The van der Waals surface area contributed by atoms with E-state index in [1.807, 2.05) is 22.0 Å². The second-order valence-corrected chi connectivity index (χ2v) is 5.92. The van der Waals surface area contributed by atoms with Gasteiger partial charge in [0.1, 0.15) is 5.69 Å². The summed E-state index contributed by atoms with van der Waals surface area (Å²) in [7, 11) is 0. The van der Waals surface area contributed by atoms with Crippen molar-refractivity contribution in [2.75, 3.05) is 4.90 Å². The first-order valence-corrected chi connectivity index (χ1v) is 7.45. The Kier molecular flexibility index (Phi) is 2.44. The van der Waals surface area contributed by atoms with Crippen LogP contribution in [0.5, 0.6) is 0 Å². The quantitative estimate of drug-likeness (QED) is 0.677. The van der Waals surface area contributed by atoms with Gasteiger partial charge >= 0.3 is 0 Å². The van der Waals surface area contributed by atoms with Crippen LogP contribution >= 0.6 is 11.3 Å². The number of carbonyl (C=O) groups excluding carboxylic acids is 1. The molecule has 0 aliphatic carbocycles. The molecule has 1 aromatic carbocycles. The Bertz CT molecular complexity index is 804. The van der Waals surface area contributed by atoms with Crippen LogP contribution < -0.4 is 4.90 Å². The first kappa shape index (κ1) is 11.7. The predicted octanol–water partition coefficient (Wildman–Crippen LogP) is 3.29. The van der Waals surface area contributed by atoms with Gasteiger partial charge in [-0.15, -0.1) is 11.3 Å². The van der Waals surface area contributed by atoms with Gasteiger partial charge in [-0.05, 0) is 25.0 Å². The number of aromatic nitrogens is 2. The maximum Gasteiger partial charge on any atom is 0.196 e. The molecule has 0 spiro atoms. The Labute approximate surface area is 120 Å². The van der Waals surface area contributed by atoms with Gasteiger partial charge in [0.2, 0.25) is 0 Å². The number of aldehydes is 1. The number of imidazole rings is 1. The van der Waals surface area contributed by atoms with Crippen LogP contribution in [0.4, 0.5) is 11.5 Å². The van der Waals surface area contributed by atoms with E-state index in [1.54, 1.807) is 11.3 Å². The largest absolute Gasteiger partial charge is 0.321 e. The van der Waals surface area contributed by atoms with E-state index in [9.17, 15) is 4.79 Å². The van der Waals surface area contributed by atoms with E-state index in [0.29, 0.717) is 11.7 Å². The fraction of sp³-hybridized carbons (Fsp3) is 0.200. The van der Waals surface area contributed by atoms with Crippen LogP contribution in [-0.4, -0.2) is 21.7 Å². The van der Waals surface area contributed by atoms with E-state index < -0.39 is 0 Å². The van der Waals surface area contributed by atoms with Crippen molar-refractivity contribution >= 4 is 34.1 Å². The second-order valence-electron chi connectivity index (χ2n) is 5.05. The zero-order valence-electron chi connectivity index (χ0n) is 11.0. The average molecular weight is 283 g/mol. The van der Waals surface area contributed by atoms with E-state index in [1.165, 1.54) is 5.56 Å². The summed E-state index contributed by atoms with van der Waals surface area (Å²) < 4.78 is 1.86. The van der Waals surface area contributed by atoms with Gasteiger partial charge in [0, 0.05) is 23.3 Å². The summed E-state index contributed by atoms with van der Waals surface area (Å²) in [6.07, 6.45) is 3.78. The molecule has 3 heterocycles. The van der Waals surface area contributed by atoms with Gasteiger partial charge in [-0.25, -0.2) is 4.98 Å². The number of carbonyl (C=O) groups is 1. The third-order valence-corrected chi connectivity index (χ3v) is 4.58. The van der Waals surface area contributed by atoms with E-state index in [0.717, 1.165) is 29.2 Å². The fourth-order valence-corrected chi connectivity index (χ4v) is 3.68. The zero-order chi connectivity index (χ0) is 13.7. The molecule has 0 N–H and O–H groups in total. The molecule has 1 unspecified atom stereocenters. The molecule has 20 heavy (non-hydrogen) atoms. The van der Waals surface area contributed by atoms with Crippen molar-refractivity contribution in [3.8, 4) is 0 Å². The normalized spacial score (nSPS) is 17.6. The average Bonchev–Trinajstić information content (AvgIpc) is 3.08. The molecule has 0 fully saturated rings. The number of benzene rings is 1. The highest BCUT2D eigenvalue weighted by molar-refractivity contribution is 7.15. The summed E-state index contributed by atoms with van der Waals surface area (Å²) in [5.74, 6) is 0.768. The van der Waals surface area contributed by atoms with Crippen molar-refractivity contribution in [2.45, 2.75) is 19.4 Å². The van der Waals surface area contributed by atoms with Gasteiger partial charge in [-0.2, -0.15) is 0 Å². The van der Waals surface area contributed by atoms with E-state index in [-0.39, 0.29) is 0 Å². The van der Waals surface area contributed by atoms with Crippen LogP contribution in [0, 0.1) is 0 Å². The number of hydrogen-bond acceptors (Lipinski definition) is 4. The van der Waals surface area contributed by atoms with E-state index >= 15 is 0 Å². The minimum atomic E-state index is 0.315. The number of thiazole rings is 1. The minimum absolute atomic E-state index is 0.315. The highest BCUT2D eigenvalue weighted by Gasteiger charge is 2.31. The molecule has 2 aromatic heterocycles. The summed E-state index contributed by atoms with van der Waals surface area (Å²) in [4.78, 5) is 19.2. The van der Waals surface area contributed by atoms with Crippen molar-refractivity contribution in [3.05, 3.63) is 47.1 Å². The van der Waals surface area contributed by atoms with Crippen LogP contribution in [0.25, 0.3) is 4.96 Å². The monoisotopic (exact) mass is 283 g/mol. The van der Waals surface area contributed by atoms with Crippen molar-refractivity contribution in [3.63, 3.8) is 0 Å². The summed E-state index contributed by atoms with van der Waals surface area (Å²) >= 11 is 1.55. The lowest BCUT2D eigenvalue weighted by atomic mass is 10.1. The molecular formula is C15H13N3OS. The van der Waals surface area contributed by atoms with Crippen LogP contribution in [-0.2, 0) is 6.42 Å². The molecule has 1 aliphatic heterocycles. The van der Waals surface area contributed by atoms with Crippen molar-refractivity contribution in [2.24, 2.45) is 0 Å². The molecule has 0 saturated carbocycles. The lowest BCUT2D eigenvalue weighted by Gasteiger charge is -2.22. The fourth-order valence-electron chi connectivity index (χ4n) is 2.97. The Morgan fingerprint density at radius 1 is 1.40 bits per heavy atom. The van der Waals surface area contributed by atoms with Crippen LogP contribution in [0.15, 0.2) is 35.8 Å². The van der Waals surface area contributed by atoms with E-state index in [4.69, 9.17) is 0 Å². The SMILES string of the molecule is CC1Cc2ccccc2N1c1nc2sccn2c1C=O. The summed E-state index contributed by atoms with van der Waals surface area (Å²) in [5, 5.41) is 1.94. The molecule has 3 aromatic rings. The topological polar surface area (TPSA) is 37.6 Å². The second kappa shape index (κ2) is 4.18. The third kappa shape index (κ3) is 1.47. The lowest BCUT2D eigenvalue weighted by Crippen LogP contribution is -2.25. The Balaban J connectivity index is 1.95. The molecule has 0 radical (unpaired) electrons. The summed E-state index contributed by atoms with van der Waals surface area (Å²) in [6.45, 7) is 2.17. The maximum atomic E-state index is 11.5. The van der Waals surface area contributed by atoms with Gasteiger partial charge in [-0.1, -0.05) is 18.2 Å². The number of hydrogen-bond donors (Lipinski definition) is 0. The van der Waals surface area contributed by atoms with Gasteiger partial charge < -0.3 is 4.90 Å². The Hall–Kier alpha value is -2.14. The van der Waals surface area contributed by atoms with Crippen molar-refractivity contribution in [1.82, 2.24) is 9.38 Å². The highest BCUT2D eigenvalue weighted by atomic mass is 32.1. The molecule has 0 saturated heterocycles. The molecule has 0 amide bonds. The van der Waals surface area contributed by atoms with Gasteiger partial charge in [0.25, 0.3) is 0 Å². The van der Waals surface area contributed by atoms with Crippen molar-refractivity contribution < 1.29 is 4.79 Å². The lowest BCUT2D eigenvalue weighted by molar-refractivity contribution is 0.111. The molecule has 0 bridgehead atoms. The van der Waals surface area contributed by atoms with Gasteiger partial charge in [-0.3, -0.25) is 9.20 Å². The highest BCUT2D eigenvalue weighted by Crippen LogP contribution is 2.39. The molecule has 1 aliphatic rings. The van der Waals surface area contributed by atoms with Crippen LogP contribution in [0.1, 0.15) is 23.0 Å². The number of rotatable bonds is 2. The summed E-state index contributed by atoms with van der Waals surface area (Å²) in [5.41, 5.74) is 3.10. The van der Waals surface area contributed by atoms with Crippen LogP contribution in [0.2, 0.25) is 0 Å². The van der Waals surface area contributed by atoms with Crippen LogP contribution in [0.3, 0.4) is 0 Å². The number of para-hydroxylation sites is 1. The molecule has 4 rings (SSSR count). The molecular weight excluding hydrogens is 270 g/mol. The zero-order valence-corrected chi connectivity index (χ0v) is 11.8. The molecule has 4 nitrogen and oxygen atoms in total. The number of fused-ring (bicyclic) bond motifs is 2. The maximum absolute atomic E-state index is 11.5. The standard InChI is InChI=1S/C15H13N3OS/c1-10-8-11-4-2-3-5-12(11)18(10)14-13(9-19)17-6-7-20-15(17)16-14/h2-7,9-10H,8H2,1H3. The minimum Gasteiger partial charge on any atom is -0.321 e. The van der Waals surface area contributed by atoms with E-state index in [2.05, 4.69) is 35.0 Å². The number of nitrogens with zero attached hydrogens (tertiary/aromatic N) is 3. The third-order valence-electron chi connectivity index (χ3n) is 3.83. The van der Waals surface area contributed by atoms with Crippen molar-refractivity contribution in [1.29, 1.82) is 0 Å². The molecule has 1 atom stereocenters. The summed E-state index contributed by atoms with van der Waals surface area (Å²) in [6, 6.07) is 8.64. The smallest absolute Gasteiger partial charge is 0.196 e. The first-order valence-electron chi connectivity index (χ1n) is 6.57. The van der Waals surface area contributed by atoms with Gasteiger partial charge in [0.15, 0.2) is 17.1 Å². The molecule has 100 valence electrons. The Morgan fingerprint density at radius 3 is 3.10 bits per heavy atom.